The van der Waals surface area contributed by atoms with Crippen LogP contribution >= 0.6 is 23.2 Å². The fourth-order valence-corrected chi connectivity index (χ4v) is 2.88. The van der Waals surface area contributed by atoms with Gasteiger partial charge in [-0.15, -0.1) is 0 Å². The molecule has 0 bridgehead atoms. The Hall–Kier alpha value is -0.330. The summed E-state index contributed by atoms with van der Waals surface area (Å²) in [4.78, 5) is -0.0951. The minimum atomic E-state index is -3.73. The standard InChI is InChI=1S/C9H11Cl2NO3S/c1-6(13)5-12-16(14,15)8-4-2-3-7(10)9(8)11/h2-4,6,12-13H,5H2,1H3/t6-/m0/s1. The topological polar surface area (TPSA) is 66.4 Å². The molecule has 0 aromatic heterocycles. The van der Waals surface area contributed by atoms with Crippen LogP contribution in [0.25, 0.3) is 0 Å². The lowest BCUT2D eigenvalue weighted by atomic mass is 10.4. The van der Waals surface area contributed by atoms with E-state index in [0.717, 1.165) is 0 Å². The molecule has 0 aliphatic carbocycles. The maximum Gasteiger partial charge on any atom is 0.242 e. The van der Waals surface area contributed by atoms with Crippen LogP contribution in [0.3, 0.4) is 0 Å². The molecule has 0 amide bonds. The molecule has 0 aliphatic rings. The van der Waals surface area contributed by atoms with Gasteiger partial charge in [0.25, 0.3) is 0 Å². The van der Waals surface area contributed by atoms with Crippen LogP contribution < -0.4 is 4.72 Å². The van der Waals surface area contributed by atoms with Crippen molar-refractivity contribution in [3.63, 3.8) is 0 Å². The molecule has 0 radical (unpaired) electrons. The van der Waals surface area contributed by atoms with Gasteiger partial charge < -0.3 is 5.11 Å². The Morgan fingerprint density at radius 3 is 2.62 bits per heavy atom. The summed E-state index contributed by atoms with van der Waals surface area (Å²) < 4.78 is 25.7. The third-order valence-corrected chi connectivity index (χ3v) is 4.17. The van der Waals surface area contributed by atoms with E-state index in [1.807, 2.05) is 0 Å². The van der Waals surface area contributed by atoms with Gasteiger partial charge in [-0.2, -0.15) is 0 Å². The normalized spacial score (nSPS) is 13.8. The summed E-state index contributed by atoms with van der Waals surface area (Å²) >= 11 is 11.5. The second kappa shape index (κ2) is 5.33. The average molecular weight is 284 g/mol. The van der Waals surface area contributed by atoms with E-state index in [4.69, 9.17) is 28.3 Å². The Morgan fingerprint density at radius 1 is 1.44 bits per heavy atom. The number of nitrogens with one attached hydrogen (secondary N) is 1. The molecule has 90 valence electrons. The lowest BCUT2D eigenvalue weighted by Crippen LogP contribution is -2.30. The van der Waals surface area contributed by atoms with E-state index in [1.165, 1.54) is 25.1 Å². The molecule has 0 unspecified atom stereocenters. The van der Waals surface area contributed by atoms with Gasteiger partial charge in [0.2, 0.25) is 10.0 Å². The van der Waals surface area contributed by atoms with Gasteiger partial charge >= 0.3 is 0 Å². The van der Waals surface area contributed by atoms with Crippen molar-refractivity contribution in [2.24, 2.45) is 0 Å². The smallest absolute Gasteiger partial charge is 0.242 e. The number of aliphatic hydroxyl groups is 1. The molecule has 1 aromatic rings. The first-order valence-corrected chi connectivity index (χ1v) is 6.70. The van der Waals surface area contributed by atoms with Crippen molar-refractivity contribution in [1.82, 2.24) is 4.72 Å². The quantitative estimate of drug-likeness (QED) is 0.883. The minimum absolute atomic E-state index is 0.0257. The molecule has 1 atom stereocenters. The van der Waals surface area contributed by atoms with Crippen LogP contribution in [-0.2, 0) is 10.0 Å². The molecule has 16 heavy (non-hydrogen) atoms. The summed E-state index contributed by atoms with van der Waals surface area (Å²) in [5.41, 5.74) is 0. The summed E-state index contributed by atoms with van der Waals surface area (Å²) in [6.07, 6.45) is -0.771. The maximum absolute atomic E-state index is 11.7. The van der Waals surface area contributed by atoms with Gasteiger partial charge in [0, 0.05) is 6.54 Å². The van der Waals surface area contributed by atoms with Crippen molar-refractivity contribution in [2.75, 3.05) is 6.54 Å². The predicted octanol–water partition coefficient (Wildman–Crippen LogP) is 1.65. The zero-order valence-corrected chi connectivity index (χ0v) is 10.8. The van der Waals surface area contributed by atoms with Gasteiger partial charge in [0.05, 0.1) is 16.1 Å². The highest BCUT2D eigenvalue weighted by Crippen LogP contribution is 2.28. The fraction of sp³-hybridized carbons (Fsp3) is 0.333. The van der Waals surface area contributed by atoms with E-state index in [-0.39, 0.29) is 21.5 Å². The summed E-state index contributed by atoms with van der Waals surface area (Å²) in [6, 6.07) is 4.33. The van der Waals surface area contributed by atoms with Gasteiger partial charge in [0.15, 0.2) is 0 Å². The third-order valence-electron chi connectivity index (χ3n) is 1.77. The van der Waals surface area contributed by atoms with Crippen LogP contribution in [0.15, 0.2) is 23.1 Å². The van der Waals surface area contributed by atoms with Gasteiger partial charge in [-0.25, -0.2) is 13.1 Å². The molecule has 0 saturated heterocycles. The van der Waals surface area contributed by atoms with Crippen LogP contribution in [0, 0.1) is 0 Å². The van der Waals surface area contributed by atoms with Crippen LogP contribution in [0.2, 0.25) is 10.0 Å². The van der Waals surface area contributed by atoms with Gasteiger partial charge in [-0.1, -0.05) is 29.3 Å². The molecule has 1 aromatic carbocycles. The number of hydrogen-bond acceptors (Lipinski definition) is 3. The number of aliphatic hydroxyl groups excluding tert-OH is 1. The third kappa shape index (κ3) is 3.33. The molecule has 0 aliphatic heterocycles. The number of benzene rings is 1. The van der Waals surface area contributed by atoms with E-state index in [9.17, 15) is 8.42 Å². The molecule has 4 nitrogen and oxygen atoms in total. The second-order valence-corrected chi connectivity index (χ2v) is 5.77. The molecule has 2 N–H and O–H groups in total. The highest BCUT2D eigenvalue weighted by atomic mass is 35.5. The Labute approximate surface area is 104 Å². The second-order valence-electron chi connectivity index (χ2n) is 3.25. The summed E-state index contributed by atoms with van der Waals surface area (Å²) in [5, 5.41) is 9.14. The van der Waals surface area contributed by atoms with Crippen LogP contribution in [-0.4, -0.2) is 26.2 Å². The van der Waals surface area contributed by atoms with Crippen molar-refractivity contribution in [3.05, 3.63) is 28.2 Å². The van der Waals surface area contributed by atoms with Crippen molar-refractivity contribution >= 4 is 33.2 Å². The number of halogens is 2. The highest BCUT2D eigenvalue weighted by molar-refractivity contribution is 7.89. The van der Waals surface area contributed by atoms with Crippen molar-refractivity contribution in [1.29, 1.82) is 0 Å². The van der Waals surface area contributed by atoms with E-state index >= 15 is 0 Å². The summed E-state index contributed by atoms with van der Waals surface area (Å²) in [7, 11) is -3.73. The van der Waals surface area contributed by atoms with E-state index in [2.05, 4.69) is 4.72 Å². The van der Waals surface area contributed by atoms with Crippen molar-refractivity contribution in [3.8, 4) is 0 Å². The number of rotatable bonds is 4. The molecule has 7 heteroatoms. The molecule has 0 spiro atoms. The van der Waals surface area contributed by atoms with Gasteiger partial charge in [0.1, 0.15) is 4.90 Å². The van der Waals surface area contributed by atoms with Gasteiger partial charge in [-0.3, -0.25) is 0 Å². The maximum atomic E-state index is 11.7. The van der Waals surface area contributed by atoms with Gasteiger partial charge in [-0.05, 0) is 19.1 Å². The van der Waals surface area contributed by atoms with Crippen LogP contribution in [0.1, 0.15) is 6.92 Å². The molecule has 0 heterocycles. The highest BCUT2D eigenvalue weighted by Gasteiger charge is 2.19. The summed E-state index contributed by atoms with van der Waals surface area (Å²) in [6.45, 7) is 1.40. The average Bonchev–Trinajstić information content (AvgIpc) is 2.19. The Morgan fingerprint density at radius 2 is 2.06 bits per heavy atom. The minimum Gasteiger partial charge on any atom is -0.392 e. The first kappa shape index (κ1) is 13.7. The lowest BCUT2D eigenvalue weighted by Gasteiger charge is -2.10. The molecular weight excluding hydrogens is 273 g/mol. The molecule has 1 rings (SSSR count). The Balaban J connectivity index is 3.03. The fourth-order valence-electron chi connectivity index (χ4n) is 1.000. The Bertz CT molecular complexity index is 474. The first-order chi connectivity index (χ1) is 7.34. The zero-order valence-electron chi connectivity index (χ0n) is 8.44. The summed E-state index contributed by atoms with van der Waals surface area (Å²) in [5.74, 6) is 0. The Kier molecular flexibility index (Phi) is 4.58. The molecule has 0 saturated carbocycles. The first-order valence-electron chi connectivity index (χ1n) is 4.46. The monoisotopic (exact) mass is 283 g/mol. The van der Waals surface area contributed by atoms with E-state index < -0.39 is 16.1 Å². The molecule has 0 fully saturated rings. The zero-order chi connectivity index (χ0) is 12.3. The number of hydrogen-bond donors (Lipinski definition) is 2. The van der Waals surface area contributed by atoms with Crippen LogP contribution in [0.5, 0.6) is 0 Å². The largest absolute Gasteiger partial charge is 0.392 e. The van der Waals surface area contributed by atoms with Crippen LogP contribution in [0.4, 0.5) is 0 Å². The molecular formula is C9H11Cl2NO3S. The van der Waals surface area contributed by atoms with Crippen molar-refractivity contribution < 1.29 is 13.5 Å². The SMILES string of the molecule is C[C@H](O)CNS(=O)(=O)c1cccc(Cl)c1Cl. The number of sulfonamides is 1. The van der Waals surface area contributed by atoms with Crippen molar-refractivity contribution in [2.45, 2.75) is 17.9 Å². The predicted molar refractivity (Wildman–Crippen MR) is 63.3 cm³/mol. The lowest BCUT2D eigenvalue weighted by molar-refractivity contribution is 0.198. The van der Waals surface area contributed by atoms with E-state index in [0.29, 0.717) is 0 Å². The van der Waals surface area contributed by atoms with E-state index in [1.54, 1.807) is 0 Å².